The van der Waals surface area contributed by atoms with Gasteiger partial charge in [0.15, 0.2) is 0 Å². The van der Waals surface area contributed by atoms with E-state index in [-0.39, 0.29) is 24.1 Å². The summed E-state index contributed by atoms with van der Waals surface area (Å²) in [5.74, 6) is 5.24. The third-order valence-electron chi connectivity index (χ3n) is 3.01. The van der Waals surface area contributed by atoms with Gasteiger partial charge in [-0.1, -0.05) is 18.8 Å². The molecule has 2 rings (SSSR count). The van der Waals surface area contributed by atoms with E-state index in [1.165, 1.54) is 12.1 Å². The van der Waals surface area contributed by atoms with Crippen molar-refractivity contribution in [1.82, 2.24) is 0 Å². The second kappa shape index (κ2) is 5.19. The number of benzene rings is 1. The van der Waals surface area contributed by atoms with Crippen LogP contribution in [0.3, 0.4) is 0 Å². The predicted molar refractivity (Wildman–Crippen MR) is 68.2 cm³/mol. The van der Waals surface area contributed by atoms with Gasteiger partial charge in [-0.15, -0.1) is 0 Å². The highest BCUT2D eigenvalue weighted by Crippen LogP contribution is 2.38. The van der Waals surface area contributed by atoms with Crippen LogP contribution in [0.25, 0.3) is 0 Å². The molecule has 1 fully saturated rings. The molecule has 1 aromatic rings. The van der Waals surface area contributed by atoms with Gasteiger partial charge in [0, 0.05) is 11.5 Å². The average Bonchev–Trinajstić information content (AvgIpc) is 3.07. The lowest BCUT2D eigenvalue weighted by molar-refractivity contribution is -0.117. The van der Waals surface area contributed by atoms with Crippen LogP contribution in [0.4, 0.5) is 10.1 Å². The molecule has 0 saturated heterocycles. The monoisotopic (exact) mass is 246 g/mol. The minimum Gasteiger partial charge on any atom is -0.323 e. The Morgan fingerprint density at radius 3 is 2.89 bits per heavy atom. The summed E-state index contributed by atoms with van der Waals surface area (Å²) in [4.78, 5) is 11.7. The van der Waals surface area contributed by atoms with E-state index in [2.05, 4.69) is 17.2 Å². The van der Waals surface area contributed by atoms with Crippen LogP contribution in [-0.4, -0.2) is 12.5 Å². The first-order valence-corrected chi connectivity index (χ1v) is 5.91. The molecule has 0 aliphatic heterocycles. The molecule has 0 bridgehead atoms. The van der Waals surface area contributed by atoms with Crippen molar-refractivity contribution in [2.75, 3.05) is 11.9 Å². The molecule has 1 saturated carbocycles. The predicted octanol–water partition coefficient (Wildman–Crippen LogP) is 1.73. The number of nitrogens with two attached hydrogens (primary N) is 1. The summed E-state index contributed by atoms with van der Waals surface area (Å²) in [5, 5.41) is 2.60. The maximum atomic E-state index is 13.7. The van der Waals surface area contributed by atoms with Gasteiger partial charge < -0.3 is 11.1 Å². The van der Waals surface area contributed by atoms with Gasteiger partial charge in [0.2, 0.25) is 5.91 Å². The standard InChI is InChI=1S/C14H15FN2O/c1-9-7-11(9)14(18)17-13-5-4-10(3-2-6-16)8-12(13)15/h4-5,8-9,11H,6-7,16H2,1H3,(H,17,18). The zero-order valence-corrected chi connectivity index (χ0v) is 10.2. The summed E-state index contributed by atoms with van der Waals surface area (Å²) in [6.45, 7) is 2.24. The minimum atomic E-state index is -0.472. The number of hydrogen-bond acceptors (Lipinski definition) is 2. The number of rotatable bonds is 2. The number of nitrogens with one attached hydrogen (secondary N) is 1. The number of halogens is 1. The third kappa shape index (κ3) is 2.88. The van der Waals surface area contributed by atoms with Crippen LogP contribution >= 0.6 is 0 Å². The van der Waals surface area contributed by atoms with Crippen LogP contribution in [0.15, 0.2) is 18.2 Å². The van der Waals surface area contributed by atoms with E-state index < -0.39 is 5.82 Å². The smallest absolute Gasteiger partial charge is 0.227 e. The van der Waals surface area contributed by atoms with Gasteiger partial charge in [0.1, 0.15) is 5.82 Å². The lowest BCUT2D eigenvalue weighted by atomic mass is 10.2. The highest BCUT2D eigenvalue weighted by molar-refractivity contribution is 5.94. The summed E-state index contributed by atoms with van der Waals surface area (Å²) in [6.07, 6.45) is 0.882. The Kier molecular flexibility index (Phi) is 3.63. The molecule has 1 aliphatic carbocycles. The molecule has 94 valence electrons. The number of hydrogen-bond donors (Lipinski definition) is 2. The second-order valence-corrected chi connectivity index (χ2v) is 4.51. The molecule has 0 heterocycles. The molecule has 18 heavy (non-hydrogen) atoms. The normalized spacial score (nSPS) is 20.8. The molecule has 0 radical (unpaired) electrons. The van der Waals surface area contributed by atoms with E-state index >= 15 is 0 Å². The Morgan fingerprint density at radius 1 is 1.61 bits per heavy atom. The fourth-order valence-electron chi connectivity index (χ4n) is 1.76. The van der Waals surface area contributed by atoms with Gasteiger partial charge in [0.05, 0.1) is 12.2 Å². The fourth-order valence-corrected chi connectivity index (χ4v) is 1.76. The summed E-state index contributed by atoms with van der Waals surface area (Å²) >= 11 is 0. The van der Waals surface area contributed by atoms with Gasteiger partial charge in [-0.25, -0.2) is 4.39 Å². The van der Waals surface area contributed by atoms with Crippen molar-refractivity contribution in [3.8, 4) is 11.8 Å². The van der Waals surface area contributed by atoms with E-state index in [1.807, 2.05) is 6.92 Å². The lowest BCUT2D eigenvalue weighted by Crippen LogP contribution is -2.15. The molecule has 1 aromatic carbocycles. The van der Waals surface area contributed by atoms with Crippen LogP contribution in [0, 0.1) is 29.5 Å². The number of carbonyl (C=O) groups excluding carboxylic acids is 1. The van der Waals surface area contributed by atoms with Gasteiger partial charge >= 0.3 is 0 Å². The van der Waals surface area contributed by atoms with E-state index in [4.69, 9.17) is 5.73 Å². The second-order valence-electron chi connectivity index (χ2n) is 4.51. The minimum absolute atomic E-state index is 0.0288. The molecule has 2 unspecified atom stereocenters. The van der Waals surface area contributed by atoms with Gasteiger partial charge in [-0.3, -0.25) is 4.79 Å². The number of carbonyl (C=O) groups is 1. The molecule has 0 spiro atoms. The van der Waals surface area contributed by atoms with Gasteiger partial charge in [0.25, 0.3) is 0 Å². The Bertz CT molecular complexity index is 530. The summed E-state index contributed by atoms with van der Waals surface area (Å²) < 4.78 is 13.7. The number of anilines is 1. The first kappa shape index (κ1) is 12.6. The van der Waals surface area contributed by atoms with Crippen LogP contribution < -0.4 is 11.1 Å². The van der Waals surface area contributed by atoms with Crippen molar-refractivity contribution in [2.24, 2.45) is 17.6 Å². The first-order chi connectivity index (χ1) is 8.61. The van der Waals surface area contributed by atoms with E-state index in [9.17, 15) is 9.18 Å². The van der Waals surface area contributed by atoms with Crippen molar-refractivity contribution >= 4 is 11.6 Å². The summed E-state index contributed by atoms with van der Waals surface area (Å²) in [6, 6.07) is 4.49. The van der Waals surface area contributed by atoms with Crippen LogP contribution in [0.2, 0.25) is 0 Å². The zero-order chi connectivity index (χ0) is 13.1. The fraction of sp³-hybridized carbons (Fsp3) is 0.357. The van der Waals surface area contributed by atoms with Crippen molar-refractivity contribution < 1.29 is 9.18 Å². The van der Waals surface area contributed by atoms with Gasteiger partial charge in [-0.05, 0) is 30.5 Å². The van der Waals surface area contributed by atoms with Crippen molar-refractivity contribution in [2.45, 2.75) is 13.3 Å². The maximum Gasteiger partial charge on any atom is 0.227 e. The Morgan fingerprint density at radius 2 is 2.33 bits per heavy atom. The Balaban J connectivity index is 2.07. The SMILES string of the molecule is CC1CC1C(=O)Nc1ccc(C#CCN)cc1F. The highest BCUT2D eigenvalue weighted by atomic mass is 19.1. The molecule has 3 N–H and O–H groups in total. The van der Waals surface area contributed by atoms with Crippen LogP contribution in [-0.2, 0) is 4.79 Å². The summed E-state index contributed by atoms with van der Waals surface area (Å²) in [5.41, 5.74) is 6.00. The molecule has 1 aliphatic rings. The molecule has 2 atom stereocenters. The largest absolute Gasteiger partial charge is 0.323 e. The average molecular weight is 246 g/mol. The van der Waals surface area contributed by atoms with Crippen molar-refractivity contribution in [3.63, 3.8) is 0 Å². The molecular formula is C14H15FN2O. The molecule has 4 heteroatoms. The topological polar surface area (TPSA) is 55.1 Å². The van der Waals surface area contributed by atoms with Crippen LogP contribution in [0.1, 0.15) is 18.9 Å². The maximum absolute atomic E-state index is 13.7. The molecule has 0 aromatic heterocycles. The quantitative estimate of drug-likeness (QED) is 0.781. The zero-order valence-electron chi connectivity index (χ0n) is 10.2. The first-order valence-electron chi connectivity index (χ1n) is 5.91. The lowest BCUT2D eigenvalue weighted by Gasteiger charge is -2.06. The Hall–Kier alpha value is -1.86. The van der Waals surface area contributed by atoms with Crippen LogP contribution in [0.5, 0.6) is 0 Å². The Labute approximate surface area is 106 Å². The van der Waals surface area contributed by atoms with E-state index in [0.717, 1.165) is 6.42 Å². The van der Waals surface area contributed by atoms with Crippen molar-refractivity contribution in [3.05, 3.63) is 29.6 Å². The summed E-state index contributed by atoms with van der Waals surface area (Å²) in [7, 11) is 0. The van der Waals surface area contributed by atoms with Gasteiger partial charge in [-0.2, -0.15) is 0 Å². The highest BCUT2D eigenvalue weighted by Gasteiger charge is 2.39. The van der Waals surface area contributed by atoms with E-state index in [0.29, 0.717) is 11.5 Å². The number of amides is 1. The molecule has 3 nitrogen and oxygen atoms in total. The molecular weight excluding hydrogens is 231 g/mol. The third-order valence-corrected chi connectivity index (χ3v) is 3.01. The molecule has 1 amide bonds. The van der Waals surface area contributed by atoms with E-state index in [1.54, 1.807) is 6.07 Å². The van der Waals surface area contributed by atoms with Crippen molar-refractivity contribution in [1.29, 1.82) is 0 Å².